The first-order valence-electron chi connectivity index (χ1n) is 7.34. The van der Waals surface area contributed by atoms with Crippen LogP contribution in [-0.4, -0.2) is 29.9 Å². The first-order chi connectivity index (χ1) is 8.05. The molecule has 0 amide bonds. The Labute approximate surface area is 115 Å². The predicted molar refractivity (Wildman–Crippen MR) is 78.8 cm³/mol. The molecule has 1 aliphatic heterocycles. The zero-order valence-corrected chi connectivity index (χ0v) is 13.2. The van der Waals surface area contributed by atoms with Crippen LogP contribution in [0.4, 0.5) is 0 Å². The molecular weight excluding hydrogens is 274 g/mol. The SMILES string of the molecule is CC1(C)CCN(CC2(CBr)CCCCC2)CC1. The largest absolute Gasteiger partial charge is 0.303 e. The van der Waals surface area contributed by atoms with Gasteiger partial charge in [0.1, 0.15) is 0 Å². The molecule has 0 bridgehead atoms. The summed E-state index contributed by atoms with van der Waals surface area (Å²) >= 11 is 3.79. The molecule has 0 N–H and O–H groups in total. The summed E-state index contributed by atoms with van der Waals surface area (Å²) in [5.74, 6) is 0. The van der Waals surface area contributed by atoms with E-state index in [2.05, 4.69) is 34.7 Å². The number of halogens is 1. The highest BCUT2D eigenvalue weighted by Crippen LogP contribution is 2.40. The smallest absolute Gasteiger partial charge is 0.0100 e. The van der Waals surface area contributed by atoms with Crippen molar-refractivity contribution in [1.82, 2.24) is 4.90 Å². The molecule has 0 radical (unpaired) electrons. The summed E-state index contributed by atoms with van der Waals surface area (Å²) in [5, 5.41) is 1.21. The van der Waals surface area contributed by atoms with Crippen molar-refractivity contribution in [3.63, 3.8) is 0 Å². The second kappa shape index (κ2) is 5.61. The molecule has 1 aliphatic carbocycles. The van der Waals surface area contributed by atoms with Gasteiger partial charge in [-0.05, 0) is 49.6 Å². The van der Waals surface area contributed by atoms with Crippen molar-refractivity contribution in [3.8, 4) is 0 Å². The van der Waals surface area contributed by atoms with Crippen molar-refractivity contribution >= 4 is 15.9 Å². The Kier molecular flexibility index (Phi) is 4.57. The van der Waals surface area contributed by atoms with Gasteiger partial charge in [0, 0.05) is 11.9 Å². The quantitative estimate of drug-likeness (QED) is 0.696. The lowest BCUT2D eigenvalue weighted by molar-refractivity contribution is 0.0730. The van der Waals surface area contributed by atoms with Gasteiger partial charge in [0.25, 0.3) is 0 Å². The molecule has 2 aliphatic rings. The predicted octanol–water partition coefficient (Wildman–Crippen LogP) is 4.45. The van der Waals surface area contributed by atoms with E-state index in [-0.39, 0.29) is 0 Å². The van der Waals surface area contributed by atoms with Crippen LogP contribution in [0.15, 0.2) is 0 Å². The van der Waals surface area contributed by atoms with Gasteiger partial charge in [0.15, 0.2) is 0 Å². The van der Waals surface area contributed by atoms with Crippen LogP contribution >= 0.6 is 15.9 Å². The minimum Gasteiger partial charge on any atom is -0.303 e. The van der Waals surface area contributed by atoms with Gasteiger partial charge in [-0.3, -0.25) is 0 Å². The number of nitrogens with zero attached hydrogens (tertiary/aromatic N) is 1. The van der Waals surface area contributed by atoms with Crippen LogP contribution in [0.5, 0.6) is 0 Å². The monoisotopic (exact) mass is 301 g/mol. The average Bonchev–Trinajstić information content (AvgIpc) is 2.33. The van der Waals surface area contributed by atoms with Crippen LogP contribution in [0.25, 0.3) is 0 Å². The summed E-state index contributed by atoms with van der Waals surface area (Å²) in [5.41, 5.74) is 1.18. The van der Waals surface area contributed by atoms with E-state index in [0.29, 0.717) is 10.8 Å². The van der Waals surface area contributed by atoms with Crippen molar-refractivity contribution in [2.45, 2.75) is 58.8 Å². The highest BCUT2D eigenvalue weighted by molar-refractivity contribution is 9.09. The molecule has 2 rings (SSSR count). The summed E-state index contributed by atoms with van der Waals surface area (Å²) in [7, 11) is 0. The van der Waals surface area contributed by atoms with E-state index in [4.69, 9.17) is 0 Å². The summed E-state index contributed by atoms with van der Waals surface area (Å²) in [6, 6.07) is 0. The van der Waals surface area contributed by atoms with Crippen LogP contribution < -0.4 is 0 Å². The molecule has 0 aromatic rings. The molecule has 2 fully saturated rings. The minimum atomic E-state index is 0.588. The van der Waals surface area contributed by atoms with E-state index in [9.17, 15) is 0 Å². The molecule has 2 heteroatoms. The number of hydrogen-bond acceptors (Lipinski definition) is 1. The zero-order chi connectivity index (χ0) is 12.4. The summed E-state index contributed by atoms with van der Waals surface area (Å²) in [6.45, 7) is 8.83. The molecule has 0 unspecified atom stereocenters. The molecule has 0 aromatic heterocycles. The molecule has 17 heavy (non-hydrogen) atoms. The minimum absolute atomic E-state index is 0.588. The van der Waals surface area contributed by atoms with Crippen molar-refractivity contribution in [1.29, 1.82) is 0 Å². The van der Waals surface area contributed by atoms with Crippen molar-refractivity contribution in [2.24, 2.45) is 10.8 Å². The highest BCUT2D eigenvalue weighted by Gasteiger charge is 2.35. The Morgan fingerprint density at radius 3 is 2.06 bits per heavy atom. The highest BCUT2D eigenvalue weighted by atomic mass is 79.9. The Morgan fingerprint density at radius 2 is 1.53 bits per heavy atom. The van der Waals surface area contributed by atoms with E-state index < -0.39 is 0 Å². The number of alkyl halides is 1. The van der Waals surface area contributed by atoms with Gasteiger partial charge in [-0.25, -0.2) is 0 Å². The second-order valence-electron chi connectivity index (χ2n) is 7.13. The maximum atomic E-state index is 3.79. The maximum absolute atomic E-state index is 3.79. The van der Waals surface area contributed by atoms with Gasteiger partial charge in [-0.2, -0.15) is 0 Å². The Balaban J connectivity index is 1.87. The van der Waals surface area contributed by atoms with Crippen LogP contribution in [0.3, 0.4) is 0 Å². The number of hydrogen-bond donors (Lipinski definition) is 0. The maximum Gasteiger partial charge on any atom is 0.0100 e. The standard InChI is InChI=1S/C15H28BrN/c1-14(2)8-10-17(11-9-14)13-15(12-16)6-4-3-5-7-15/h3-13H2,1-2H3. The Morgan fingerprint density at radius 1 is 0.941 bits per heavy atom. The third-order valence-corrected chi connectivity index (χ3v) is 6.16. The van der Waals surface area contributed by atoms with E-state index >= 15 is 0 Å². The lowest BCUT2D eigenvalue weighted by Gasteiger charge is -2.44. The topological polar surface area (TPSA) is 3.24 Å². The lowest BCUT2D eigenvalue weighted by Crippen LogP contribution is -2.45. The fourth-order valence-electron chi connectivity index (χ4n) is 3.43. The van der Waals surface area contributed by atoms with E-state index in [1.807, 2.05) is 0 Å². The first-order valence-corrected chi connectivity index (χ1v) is 8.46. The fraction of sp³-hybridized carbons (Fsp3) is 1.00. The Hall–Kier alpha value is 0.440. The number of rotatable bonds is 3. The van der Waals surface area contributed by atoms with Crippen LogP contribution in [0.2, 0.25) is 0 Å². The van der Waals surface area contributed by atoms with Crippen LogP contribution in [0.1, 0.15) is 58.8 Å². The van der Waals surface area contributed by atoms with E-state index in [0.717, 1.165) is 0 Å². The van der Waals surface area contributed by atoms with Crippen LogP contribution in [-0.2, 0) is 0 Å². The van der Waals surface area contributed by atoms with Gasteiger partial charge in [0.2, 0.25) is 0 Å². The molecule has 0 aromatic carbocycles. The normalized spacial score (nSPS) is 29.1. The van der Waals surface area contributed by atoms with Gasteiger partial charge in [-0.15, -0.1) is 0 Å². The van der Waals surface area contributed by atoms with Gasteiger partial charge >= 0.3 is 0 Å². The first kappa shape index (κ1) is 13.9. The van der Waals surface area contributed by atoms with E-state index in [1.165, 1.54) is 69.9 Å². The zero-order valence-electron chi connectivity index (χ0n) is 11.6. The third-order valence-electron chi connectivity index (χ3n) is 4.97. The van der Waals surface area contributed by atoms with Crippen LogP contribution in [0, 0.1) is 10.8 Å². The fourth-order valence-corrected chi connectivity index (χ4v) is 4.16. The molecule has 1 saturated heterocycles. The van der Waals surface area contributed by atoms with Crippen molar-refractivity contribution in [2.75, 3.05) is 25.0 Å². The van der Waals surface area contributed by atoms with Gasteiger partial charge in [0.05, 0.1) is 0 Å². The lowest BCUT2D eigenvalue weighted by atomic mass is 9.74. The molecule has 0 spiro atoms. The van der Waals surface area contributed by atoms with Gasteiger partial charge < -0.3 is 4.90 Å². The molecule has 100 valence electrons. The second-order valence-corrected chi connectivity index (χ2v) is 7.70. The number of likely N-dealkylation sites (tertiary alicyclic amines) is 1. The molecule has 1 nitrogen and oxygen atoms in total. The summed E-state index contributed by atoms with van der Waals surface area (Å²) < 4.78 is 0. The van der Waals surface area contributed by atoms with Crippen molar-refractivity contribution in [3.05, 3.63) is 0 Å². The van der Waals surface area contributed by atoms with E-state index in [1.54, 1.807) is 0 Å². The summed E-state index contributed by atoms with van der Waals surface area (Å²) in [4.78, 5) is 2.73. The molecule has 0 atom stereocenters. The van der Waals surface area contributed by atoms with Crippen molar-refractivity contribution < 1.29 is 0 Å². The number of piperidine rings is 1. The Bertz CT molecular complexity index is 233. The molecule has 1 saturated carbocycles. The van der Waals surface area contributed by atoms with Gasteiger partial charge in [-0.1, -0.05) is 49.0 Å². The molecule has 1 heterocycles. The molecular formula is C15H28BrN. The third kappa shape index (κ3) is 3.70. The summed E-state index contributed by atoms with van der Waals surface area (Å²) in [6.07, 6.45) is 10.0. The average molecular weight is 302 g/mol.